The second kappa shape index (κ2) is 4.78. The molecule has 3 N–H and O–H groups in total. The van der Waals surface area contributed by atoms with Gasteiger partial charge in [-0.1, -0.05) is 6.92 Å². The number of anilines is 1. The molecule has 0 unspecified atom stereocenters. The Morgan fingerprint density at radius 2 is 2.00 bits per heavy atom. The normalized spacial score (nSPS) is 11.4. The van der Waals surface area contributed by atoms with Crippen LogP contribution in [-0.2, 0) is 0 Å². The SMILES string of the molecule is CCC(C)(C)N(C)c1ccc(C(=N)N)c(C)c1. The van der Waals surface area contributed by atoms with Gasteiger partial charge >= 0.3 is 0 Å². The monoisotopic (exact) mass is 233 g/mol. The van der Waals surface area contributed by atoms with E-state index in [9.17, 15) is 0 Å². The molecule has 0 saturated heterocycles. The second-order valence-electron chi connectivity index (χ2n) is 5.14. The first-order chi connectivity index (χ1) is 7.79. The van der Waals surface area contributed by atoms with Gasteiger partial charge in [0.2, 0.25) is 0 Å². The molecule has 0 aliphatic heterocycles. The maximum absolute atomic E-state index is 7.48. The summed E-state index contributed by atoms with van der Waals surface area (Å²) in [5.74, 6) is 0.131. The standard InChI is InChI=1S/C14H23N3/c1-6-14(3,4)17(5)11-7-8-12(13(15)16)10(2)9-11/h7-9H,6H2,1-5H3,(H3,15,16). The molecule has 17 heavy (non-hydrogen) atoms. The largest absolute Gasteiger partial charge is 0.384 e. The van der Waals surface area contributed by atoms with Crippen LogP contribution in [0.5, 0.6) is 0 Å². The van der Waals surface area contributed by atoms with Crippen LogP contribution in [0.15, 0.2) is 18.2 Å². The van der Waals surface area contributed by atoms with Crippen molar-refractivity contribution in [3.63, 3.8) is 0 Å². The first-order valence-electron chi connectivity index (χ1n) is 5.98. The highest BCUT2D eigenvalue weighted by molar-refractivity contribution is 5.96. The molecule has 0 saturated carbocycles. The van der Waals surface area contributed by atoms with E-state index in [1.165, 1.54) is 5.69 Å². The Morgan fingerprint density at radius 3 is 2.41 bits per heavy atom. The van der Waals surface area contributed by atoms with Gasteiger partial charge in [0.15, 0.2) is 0 Å². The van der Waals surface area contributed by atoms with E-state index in [0.717, 1.165) is 17.5 Å². The number of nitrogens with two attached hydrogens (primary N) is 1. The summed E-state index contributed by atoms with van der Waals surface area (Å²) in [6, 6.07) is 6.05. The van der Waals surface area contributed by atoms with Gasteiger partial charge in [-0.05, 0) is 51.0 Å². The van der Waals surface area contributed by atoms with Crippen LogP contribution in [0.3, 0.4) is 0 Å². The predicted octanol–water partition coefficient (Wildman–Crippen LogP) is 2.90. The minimum absolute atomic E-state index is 0.129. The molecule has 0 bridgehead atoms. The molecule has 3 nitrogen and oxygen atoms in total. The fraction of sp³-hybridized carbons (Fsp3) is 0.500. The molecule has 94 valence electrons. The van der Waals surface area contributed by atoms with Gasteiger partial charge in [0.05, 0.1) is 0 Å². The Balaban J connectivity index is 3.10. The third-order valence-electron chi connectivity index (χ3n) is 3.66. The van der Waals surface area contributed by atoms with E-state index in [1.54, 1.807) is 0 Å². The molecule has 0 aliphatic carbocycles. The fourth-order valence-corrected chi connectivity index (χ4v) is 1.75. The third kappa shape index (κ3) is 2.78. The lowest BCUT2D eigenvalue weighted by Gasteiger charge is -2.37. The minimum atomic E-state index is 0.129. The third-order valence-corrected chi connectivity index (χ3v) is 3.66. The van der Waals surface area contributed by atoms with Crippen LogP contribution < -0.4 is 10.6 Å². The van der Waals surface area contributed by atoms with Crippen LogP contribution in [0.1, 0.15) is 38.3 Å². The van der Waals surface area contributed by atoms with Crippen LogP contribution in [0.25, 0.3) is 0 Å². The van der Waals surface area contributed by atoms with Gasteiger partial charge in [-0.25, -0.2) is 0 Å². The van der Waals surface area contributed by atoms with Crippen molar-refractivity contribution in [3.05, 3.63) is 29.3 Å². The molecule has 0 aromatic heterocycles. The summed E-state index contributed by atoms with van der Waals surface area (Å²) in [5.41, 5.74) is 8.68. The van der Waals surface area contributed by atoms with E-state index in [1.807, 2.05) is 19.1 Å². The molecular weight excluding hydrogens is 210 g/mol. The number of nitrogens with zero attached hydrogens (tertiary/aromatic N) is 1. The van der Waals surface area contributed by atoms with Gasteiger partial charge < -0.3 is 10.6 Å². The Morgan fingerprint density at radius 1 is 1.41 bits per heavy atom. The zero-order valence-electron chi connectivity index (χ0n) is 11.5. The molecule has 0 amide bonds. The van der Waals surface area contributed by atoms with Gasteiger partial charge in [0, 0.05) is 23.8 Å². The zero-order valence-corrected chi connectivity index (χ0v) is 11.5. The summed E-state index contributed by atoms with van der Waals surface area (Å²) in [6.07, 6.45) is 1.08. The van der Waals surface area contributed by atoms with Crippen molar-refractivity contribution in [1.29, 1.82) is 5.41 Å². The Hall–Kier alpha value is -1.51. The van der Waals surface area contributed by atoms with E-state index in [4.69, 9.17) is 11.1 Å². The van der Waals surface area contributed by atoms with Crippen LogP contribution in [0.2, 0.25) is 0 Å². The fourth-order valence-electron chi connectivity index (χ4n) is 1.75. The number of nitrogen functional groups attached to an aromatic ring is 1. The molecular formula is C14H23N3. The van der Waals surface area contributed by atoms with Crippen LogP contribution in [0.4, 0.5) is 5.69 Å². The van der Waals surface area contributed by atoms with Gasteiger partial charge in [-0.2, -0.15) is 0 Å². The molecule has 0 fully saturated rings. The number of aryl methyl sites for hydroxylation is 1. The maximum Gasteiger partial charge on any atom is 0.123 e. The number of hydrogen-bond acceptors (Lipinski definition) is 2. The lowest BCUT2D eigenvalue weighted by molar-refractivity contribution is 0.471. The molecule has 0 atom stereocenters. The number of amidine groups is 1. The van der Waals surface area contributed by atoms with Crippen molar-refractivity contribution in [2.24, 2.45) is 5.73 Å². The number of hydrogen-bond donors (Lipinski definition) is 2. The van der Waals surface area contributed by atoms with Crippen molar-refractivity contribution in [2.45, 2.75) is 39.7 Å². The highest BCUT2D eigenvalue weighted by Crippen LogP contribution is 2.26. The van der Waals surface area contributed by atoms with Gasteiger partial charge in [-0.3, -0.25) is 5.41 Å². The highest BCUT2D eigenvalue weighted by atomic mass is 15.2. The Bertz CT molecular complexity index is 421. The average molecular weight is 233 g/mol. The smallest absolute Gasteiger partial charge is 0.123 e. The molecule has 0 radical (unpaired) electrons. The maximum atomic E-state index is 7.48. The molecule has 0 spiro atoms. The van der Waals surface area contributed by atoms with Crippen LogP contribution in [-0.4, -0.2) is 18.4 Å². The zero-order chi connectivity index (χ0) is 13.2. The van der Waals surface area contributed by atoms with Gasteiger partial charge in [0.1, 0.15) is 5.84 Å². The molecule has 1 aromatic carbocycles. The van der Waals surface area contributed by atoms with Crippen molar-refractivity contribution >= 4 is 11.5 Å². The quantitative estimate of drug-likeness (QED) is 0.620. The summed E-state index contributed by atoms with van der Waals surface area (Å²) in [4.78, 5) is 2.27. The topological polar surface area (TPSA) is 53.1 Å². The second-order valence-corrected chi connectivity index (χ2v) is 5.14. The van der Waals surface area contributed by atoms with Gasteiger partial charge in [0.25, 0.3) is 0 Å². The van der Waals surface area contributed by atoms with E-state index < -0.39 is 0 Å². The van der Waals surface area contributed by atoms with Crippen LogP contribution >= 0.6 is 0 Å². The average Bonchev–Trinajstić information content (AvgIpc) is 2.27. The van der Waals surface area contributed by atoms with Crippen molar-refractivity contribution in [2.75, 3.05) is 11.9 Å². The molecule has 3 heteroatoms. The summed E-state index contributed by atoms with van der Waals surface area (Å²) in [6.45, 7) is 8.63. The summed E-state index contributed by atoms with van der Waals surface area (Å²) in [5, 5.41) is 7.48. The summed E-state index contributed by atoms with van der Waals surface area (Å²) < 4.78 is 0. The number of rotatable bonds is 4. The van der Waals surface area contributed by atoms with Crippen molar-refractivity contribution in [1.82, 2.24) is 0 Å². The molecule has 1 aromatic rings. The van der Waals surface area contributed by atoms with Gasteiger partial charge in [-0.15, -0.1) is 0 Å². The van der Waals surface area contributed by atoms with Crippen LogP contribution in [0, 0.1) is 12.3 Å². The van der Waals surface area contributed by atoms with Crippen molar-refractivity contribution < 1.29 is 0 Å². The predicted molar refractivity (Wildman–Crippen MR) is 75.0 cm³/mol. The van der Waals surface area contributed by atoms with Crippen molar-refractivity contribution in [3.8, 4) is 0 Å². The van der Waals surface area contributed by atoms with E-state index in [-0.39, 0.29) is 11.4 Å². The molecule has 0 aliphatic rings. The highest BCUT2D eigenvalue weighted by Gasteiger charge is 2.21. The minimum Gasteiger partial charge on any atom is -0.384 e. The lowest BCUT2D eigenvalue weighted by atomic mass is 9.98. The Kier molecular flexibility index (Phi) is 3.81. The first-order valence-corrected chi connectivity index (χ1v) is 5.98. The molecule has 1 rings (SSSR count). The summed E-state index contributed by atoms with van der Waals surface area (Å²) >= 11 is 0. The van der Waals surface area contributed by atoms with E-state index in [0.29, 0.717) is 0 Å². The lowest BCUT2D eigenvalue weighted by Crippen LogP contribution is -2.40. The number of nitrogens with one attached hydrogen (secondary N) is 1. The number of benzene rings is 1. The van der Waals surface area contributed by atoms with E-state index >= 15 is 0 Å². The Labute approximate surface area is 104 Å². The molecule has 0 heterocycles. The summed E-state index contributed by atoms with van der Waals surface area (Å²) in [7, 11) is 2.10. The first kappa shape index (κ1) is 13.6. The van der Waals surface area contributed by atoms with E-state index in [2.05, 4.69) is 38.8 Å².